The van der Waals surface area contributed by atoms with E-state index in [2.05, 4.69) is 22.1 Å². The number of rotatable bonds is 4. The molecule has 4 nitrogen and oxygen atoms in total. The molecule has 1 atom stereocenters. The van der Waals surface area contributed by atoms with Gasteiger partial charge in [0.15, 0.2) is 0 Å². The third-order valence-electron chi connectivity index (χ3n) is 4.59. The predicted octanol–water partition coefficient (Wildman–Crippen LogP) is 4.38. The van der Waals surface area contributed by atoms with Crippen molar-refractivity contribution in [2.75, 3.05) is 16.8 Å². The second-order valence-corrected chi connectivity index (χ2v) is 6.23. The van der Waals surface area contributed by atoms with E-state index >= 15 is 0 Å². The molecule has 2 aromatic rings. The Kier molecular flexibility index (Phi) is 5.26. The van der Waals surface area contributed by atoms with E-state index in [4.69, 9.17) is 0 Å². The fourth-order valence-electron chi connectivity index (χ4n) is 3.26. The largest absolute Gasteiger partial charge is 0.368 e. The summed E-state index contributed by atoms with van der Waals surface area (Å²) >= 11 is 0. The first-order valence-electron chi connectivity index (χ1n) is 8.57. The van der Waals surface area contributed by atoms with Gasteiger partial charge in [0.25, 0.3) is 5.91 Å². The number of nitrogens with zero attached hydrogens (tertiary/aromatic N) is 2. The average molecular weight is 345 g/mol. The van der Waals surface area contributed by atoms with Gasteiger partial charge in [-0.15, -0.1) is 0 Å². The Morgan fingerprint density at radius 2 is 2.12 bits per heavy atom. The van der Waals surface area contributed by atoms with Crippen LogP contribution in [0.15, 0.2) is 36.5 Å². The summed E-state index contributed by atoms with van der Waals surface area (Å²) in [5, 5.41) is 2.45. The fourth-order valence-corrected chi connectivity index (χ4v) is 3.26. The van der Waals surface area contributed by atoms with Gasteiger partial charge in [-0.1, -0.05) is 6.92 Å². The van der Waals surface area contributed by atoms with Gasteiger partial charge >= 0.3 is 0 Å². The summed E-state index contributed by atoms with van der Waals surface area (Å²) in [6, 6.07) is 7.11. The topological polar surface area (TPSA) is 45.2 Å². The summed E-state index contributed by atoms with van der Waals surface area (Å²) in [5.41, 5.74) is 1.09. The van der Waals surface area contributed by atoms with Gasteiger partial charge in [-0.05, 0) is 49.9 Å². The van der Waals surface area contributed by atoms with Crippen molar-refractivity contribution in [2.24, 2.45) is 0 Å². The minimum Gasteiger partial charge on any atom is -0.368 e. The van der Waals surface area contributed by atoms with E-state index in [1.807, 2.05) is 6.07 Å². The Hall–Kier alpha value is -2.50. The molecule has 1 unspecified atom stereocenters. The Labute approximate surface area is 145 Å². The summed E-state index contributed by atoms with van der Waals surface area (Å²) in [6.45, 7) is 3.12. The van der Waals surface area contributed by atoms with Gasteiger partial charge in [0, 0.05) is 30.5 Å². The zero-order valence-electron chi connectivity index (χ0n) is 14.1. The minimum absolute atomic E-state index is 0.0667. The number of hydrogen-bond donors (Lipinski definition) is 1. The van der Waals surface area contributed by atoms with E-state index in [0.717, 1.165) is 43.6 Å². The highest BCUT2D eigenvalue weighted by Crippen LogP contribution is 2.27. The third kappa shape index (κ3) is 3.95. The van der Waals surface area contributed by atoms with Crippen LogP contribution >= 0.6 is 0 Å². The number of benzene rings is 1. The lowest BCUT2D eigenvalue weighted by molar-refractivity contribution is 0.102. The van der Waals surface area contributed by atoms with Crippen molar-refractivity contribution in [3.05, 3.63) is 53.9 Å². The number of anilines is 2. The highest BCUT2D eigenvalue weighted by Gasteiger charge is 2.22. The Balaban J connectivity index is 1.79. The average Bonchev–Trinajstić information content (AvgIpc) is 2.64. The van der Waals surface area contributed by atoms with Gasteiger partial charge in [0.1, 0.15) is 17.3 Å². The number of piperidine rings is 1. The fraction of sp³-hybridized carbons (Fsp3) is 0.368. The molecular formula is C19H21F2N3O. The van der Waals surface area contributed by atoms with Gasteiger partial charge in [0.05, 0.1) is 5.69 Å². The number of amides is 1. The van der Waals surface area contributed by atoms with Crippen molar-refractivity contribution in [1.82, 2.24) is 4.98 Å². The second kappa shape index (κ2) is 7.59. The first-order valence-corrected chi connectivity index (χ1v) is 8.57. The first kappa shape index (κ1) is 17.3. The molecule has 1 amide bonds. The van der Waals surface area contributed by atoms with Gasteiger partial charge in [0.2, 0.25) is 0 Å². The van der Waals surface area contributed by atoms with E-state index in [-0.39, 0.29) is 11.4 Å². The smallest absolute Gasteiger partial charge is 0.274 e. The molecule has 0 spiro atoms. The lowest BCUT2D eigenvalue weighted by Gasteiger charge is -2.37. The van der Waals surface area contributed by atoms with E-state index < -0.39 is 17.5 Å². The molecule has 1 aromatic heterocycles. The summed E-state index contributed by atoms with van der Waals surface area (Å²) in [4.78, 5) is 18.8. The number of carbonyl (C=O) groups is 1. The van der Waals surface area contributed by atoms with Gasteiger partial charge in [-0.25, -0.2) is 8.78 Å². The molecule has 25 heavy (non-hydrogen) atoms. The first-order chi connectivity index (χ1) is 12.1. The Bertz CT molecular complexity index is 766. The van der Waals surface area contributed by atoms with E-state index in [1.54, 1.807) is 12.3 Å². The molecule has 1 N–H and O–H groups in total. The Morgan fingerprint density at radius 3 is 2.88 bits per heavy atom. The molecule has 1 saturated heterocycles. The number of aromatic nitrogens is 1. The molecule has 3 rings (SSSR count). The van der Waals surface area contributed by atoms with Crippen molar-refractivity contribution in [2.45, 2.75) is 38.6 Å². The quantitative estimate of drug-likeness (QED) is 0.894. The standard InChI is InChI=1S/C19H21F2N3O/c1-2-14-5-3-4-10-24(14)15-8-9-22-18(12-15)19(25)23-17-7-6-13(20)11-16(17)21/h6-9,11-12,14H,2-5,10H2,1H3,(H,23,25). The summed E-state index contributed by atoms with van der Waals surface area (Å²) in [7, 11) is 0. The van der Waals surface area contributed by atoms with Crippen molar-refractivity contribution < 1.29 is 13.6 Å². The summed E-state index contributed by atoms with van der Waals surface area (Å²) in [6.07, 6.45) is 6.12. The van der Waals surface area contributed by atoms with Crippen LogP contribution < -0.4 is 10.2 Å². The maximum absolute atomic E-state index is 13.7. The predicted molar refractivity (Wildman–Crippen MR) is 93.8 cm³/mol. The number of nitrogens with one attached hydrogen (secondary N) is 1. The zero-order valence-corrected chi connectivity index (χ0v) is 14.1. The lowest BCUT2D eigenvalue weighted by Crippen LogP contribution is -2.39. The zero-order chi connectivity index (χ0) is 17.8. The lowest BCUT2D eigenvalue weighted by atomic mass is 9.99. The molecule has 132 valence electrons. The van der Waals surface area contributed by atoms with Crippen LogP contribution in [0.3, 0.4) is 0 Å². The molecule has 6 heteroatoms. The van der Waals surface area contributed by atoms with Gasteiger partial charge in [-0.2, -0.15) is 0 Å². The molecular weight excluding hydrogens is 324 g/mol. The molecule has 1 fully saturated rings. The molecule has 0 saturated carbocycles. The van der Waals surface area contributed by atoms with Crippen LogP contribution in [0.2, 0.25) is 0 Å². The van der Waals surface area contributed by atoms with Crippen LogP contribution in [0, 0.1) is 11.6 Å². The van der Waals surface area contributed by atoms with Crippen LogP contribution in [0.25, 0.3) is 0 Å². The molecule has 1 aromatic carbocycles. The van der Waals surface area contributed by atoms with Crippen LogP contribution in [-0.2, 0) is 0 Å². The van der Waals surface area contributed by atoms with Crippen LogP contribution in [0.1, 0.15) is 43.1 Å². The van der Waals surface area contributed by atoms with Crippen molar-refractivity contribution >= 4 is 17.3 Å². The highest BCUT2D eigenvalue weighted by atomic mass is 19.1. The number of hydrogen-bond acceptors (Lipinski definition) is 3. The van der Waals surface area contributed by atoms with E-state index in [9.17, 15) is 13.6 Å². The molecule has 0 bridgehead atoms. The van der Waals surface area contributed by atoms with Gasteiger partial charge in [-0.3, -0.25) is 9.78 Å². The summed E-state index contributed by atoms with van der Waals surface area (Å²) in [5.74, 6) is -2.02. The van der Waals surface area contributed by atoms with Crippen molar-refractivity contribution in [1.29, 1.82) is 0 Å². The molecule has 2 heterocycles. The summed E-state index contributed by atoms with van der Waals surface area (Å²) < 4.78 is 26.7. The van der Waals surface area contributed by atoms with Gasteiger partial charge < -0.3 is 10.2 Å². The number of pyridine rings is 1. The maximum atomic E-state index is 13.7. The van der Waals surface area contributed by atoms with Crippen molar-refractivity contribution in [3.8, 4) is 0 Å². The maximum Gasteiger partial charge on any atom is 0.274 e. The van der Waals surface area contributed by atoms with Crippen molar-refractivity contribution in [3.63, 3.8) is 0 Å². The number of carbonyl (C=O) groups excluding carboxylic acids is 1. The molecule has 0 radical (unpaired) electrons. The van der Waals surface area contributed by atoms with E-state index in [1.165, 1.54) is 12.5 Å². The normalized spacial score (nSPS) is 17.4. The second-order valence-electron chi connectivity index (χ2n) is 6.23. The van der Waals surface area contributed by atoms with Crippen LogP contribution in [0.4, 0.5) is 20.2 Å². The van der Waals surface area contributed by atoms with E-state index in [0.29, 0.717) is 6.04 Å². The van der Waals surface area contributed by atoms with Crippen LogP contribution in [0.5, 0.6) is 0 Å². The minimum atomic E-state index is -0.813. The Morgan fingerprint density at radius 1 is 1.28 bits per heavy atom. The molecule has 1 aliphatic heterocycles. The monoisotopic (exact) mass is 345 g/mol. The SMILES string of the molecule is CCC1CCCCN1c1ccnc(C(=O)Nc2ccc(F)cc2F)c1. The van der Waals surface area contributed by atoms with Crippen LogP contribution in [-0.4, -0.2) is 23.5 Å². The number of halogens is 2. The third-order valence-corrected chi connectivity index (χ3v) is 4.59. The highest BCUT2D eigenvalue weighted by molar-refractivity contribution is 6.03. The molecule has 0 aliphatic carbocycles. The molecule has 1 aliphatic rings.